The number of aromatic nitrogens is 1. The average Bonchev–Trinajstić information content (AvgIpc) is 3.00. The largest absolute Gasteiger partial charge is 0.365 e. The summed E-state index contributed by atoms with van der Waals surface area (Å²) in [5.74, 6) is 0. The molecule has 4 rings (SSSR count). The molecule has 0 radical (unpaired) electrons. The molecule has 3 heterocycles. The number of nitrogens with one attached hydrogen (secondary N) is 1. The Hall–Kier alpha value is -1.32. The minimum Gasteiger partial charge on any atom is -0.365 e. The number of benzene rings is 1. The monoisotopic (exact) mass is 261 g/mol. The fourth-order valence-electron chi connectivity index (χ4n) is 3.19. The van der Waals surface area contributed by atoms with Crippen LogP contribution < -0.4 is 10.2 Å². The van der Waals surface area contributed by atoms with Crippen LogP contribution in [0.5, 0.6) is 0 Å². The lowest BCUT2D eigenvalue weighted by Crippen LogP contribution is -2.43. The van der Waals surface area contributed by atoms with E-state index in [9.17, 15) is 0 Å². The zero-order chi connectivity index (χ0) is 11.2. The third kappa shape index (κ3) is 1.66. The topological polar surface area (TPSA) is 28.2 Å². The molecule has 1 aromatic heterocycles. The van der Waals surface area contributed by atoms with Crippen molar-refractivity contribution in [2.45, 2.75) is 18.5 Å². The van der Waals surface area contributed by atoms with Gasteiger partial charge in [-0.25, -0.2) is 0 Å². The molecule has 18 heavy (non-hydrogen) atoms. The Morgan fingerprint density at radius 1 is 1.22 bits per heavy atom. The highest BCUT2D eigenvalue weighted by atomic mass is 35.5. The molecule has 0 spiro atoms. The SMILES string of the molecule is Cl.c1ccc2c(N3C[C@@H]4C[C@H]3CN4)ccnc2c1. The predicted molar refractivity (Wildman–Crippen MR) is 76.5 cm³/mol. The van der Waals surface area contributed by atoms with E-state index in [1.54, 1.807) is 0 Å². The third-order valence-electron chi connectivity index (χ3n) is 3.99. The van der Waals surface area contributed by atoms with Crippen molar-refractivity contribution in [1.82, 2.24) is 10.3 Å². The van der Waals surface area contributed by atoms with Gasteiger partial charge >= 0.3 is 0 Å². The summed E-state index contributed by atoms with van der Waals surface area (Å²) in [7, 11) is 0. The number of piperazine rings is 1. The van der Waals surface area contributed by atoms with Gasteiger partial charge in [-0.15, -0.1) is 12.4 Å². The molecule has 3 nitrogen and oxygen atoms in total. The number of nitrogens with zero attached hydrogens (tertiary/aromatic N) is 2. The first-order valence-corrected chi connectivity index (χ1v) is 6.25. The molecule has 94 valence electrons. The van der Waals surface area contributed by atoms with Gasteiger partial charge in [-0.3, -0.25) is 4.98 Å². The van der Waals surface area contributed by atoms with Crippen molar-refractivity contribution < 1.29 is 0 Å². The Morgan fingerprint density at radius 2 is 2.11 bits per heavy atom. The van der Waals surface area contributed by atoms with Gasteiger partial charge in [0.25, 0.3) is 0 Å². The van der Waals surface area contributed by atoms with Crippen molar-refractivity contribution in [2.24, 2.45) is 0 Å². The zero-order valence-electron chi connectivity index (χ0n) is 10.0. The van der Waals surface area contributed by atoms with E-state index >= 15 is 0 Å². The lowest BCUT2D eigenvalue weighted by Gasteiger charge is -2.30. The second-order valence-electron chi connectivity index (χ2n) is 4.99. The van der Waals surface area contributed by atoms with Crippen LogP contribution in [0.15, 0.2) is 36.5 Å². The molecule has 2 aromatic rings. The van der Waals surface area contributed by atoms with Crippen molar-refractivity contribution in [1.29, 1.82) is 0 Å². The molecule has 2 saturated heterocycles. The van der Waals surface area contributed by atoms with Crippen LogP contribution in [0.4, 0.5) is 5.69 Å². The quantitative estimate of drug-likeness (QED) is 0.853. The molecule has 1 aromatic carbocycles. The van der Waals surface area contributed by atoms with Gasteiger partial charge in [0.05, 0.1) is 5.52 Å². The fraction of sp³-hybridized carbons (Fsp3) is 0.357. The van der Waals surface area contributed by atoms with Crippen LogP contribution in [-0.2, 0) is 0 Å². The van der Waals surface area contributed by atoms with Gasteiger partial charge in [0.15, 0.2) is 0 Å². The molecule has 0 unspecified atom stereocenters. The standard InChI is InChI=1S/C14H15N3.ClH/c1-2-4-13-12(3-1)14(5-6-15-13)17-9-10-7-11(17)8-16-10;/h1-6,10-11,16H,7-9H2;1H/t10-,11-;/m0./s1. The molecule has 0 aliphatic carbocycles. The number of pyridine rings is 1. The summed E-state index contributed by atoms with van der Waals surface area (Å²) in [5, 5.41) is 4.83. The van der Waals surface area contributed by atoms with Crippen LogP contribution in [0.1, 0.15) is 6.42 Å². The normalized spacial score (nSPS) is 25.4. The Morgan fingerprint density at radius 3 is 2.89 bits per heavy atom. The van der Waals surface area contributed by atoms with Gasteiger partial charge in [-0.2, -0.15) is 0 Å². The summed E-state index contributed by atoms with van der Waals surface area (Å²) in [6, 6.07) is 11.9. The second kappa shape index (κ2) is 4.41. The van der Waals surface area contributed by atoms with E-state index in [1.165, 1.54) is 17.5 Å². The van der Waals surface area contributed by atoms with Crippen LogP contribution in [0.25, 0.3) is 10.9 Å². The van der Waals surface area contributed by atoms with Gasteiger partial charge in [-0.05, 0) is 18.6 Å². The maximum Gasteiger partial charge on any atom is 0.0722 e. The minimum atomic E-state index is 0. The molecule has 2 aliphatic rings. The van der Waals surface area contributed by atoms with Gasteiger partial charge in [0.1, 0.15) is 0 Å². The maximum absolute atomic E-state index is 4.43. The Labute approximate surface area is 113 Å². The number of hydrogen-bond donors (Lipinski definition) is 1. The molecule has 0 saturated carbocycles. The van der Waals surface area contributed by atoms with Crippen molar-refractivity contribution >= 4 is 29.0 Å². The van der Waals surface area contributed by atoms with E-state index in [2.05, 4.69) is 45.5 Å². The van der Waals surface area contributed by atoms with E-state index < -0.39 is 0 Å². The molecular formula is C14H16ClN3. The van der Waals surface area contributed by atoms with E-state index in [4.69, 9.17) is 0 Å². The summed E-state index contributed by atoms with van der Waals surface area (Å²) in [6.45, 7) is 2.26. The number of anilines is 1. The van der Waals surface area contributed by atoms with Crippen molar-refractivity contribution in [2.75, 3.05) is 18.0 Å². The minimum absolute atomic E-state index is 0. The summed E-state index contributed by atoms with van der Waals surface area (Å²) in [5.41, 5.74) is 2.45. The Balaban J connectivity index is 0.000001000. The highest BCUT2D eigenvalue weighted by Crippen LogP contribution is 2.33. The molecule has 2 bridgehead atoms. The van der Waals surface area contributed by atoms with Gasteiger partial charge < -0.3 is 10.2 Å². The fourth-order valence-corrected chi connectivity index (χ4v) is 3.19. The first-order chi connectivity index (χ1) is 8.42. The number of fused-ring (bicyclic) bond motifs is 3. The van der Waals surface area contributed by atoms with Crippen LogP contribution in [0, 0.1) is 0 Å². The van der Waals surface area contributed by atoms with Crippen molar-refractivity contribution in [3.05, 3.63) is 36.5 Å². The Bertz CT molecular complexity index is 566. The smallest absolute Gasteiger partial charge is 0.0722 e. The second-order valence-corrected chi connectivity index (χ2v) is 4.99. The van der Waals surface area contributed by atoms with Gasteiger partial charge in [0.2, 0.25) is 0 Å². The number of halogens is 1. The highest BCUT2D eigenvalue weighted by molar-refractivity contribution is 5.91. The van der Waals surface area contributed by atoms with E-state index in [0.717, 1.165) is 18.6 Å². The van der Waals surface area contributed by atoms with Crippen molar-refractivity contribution in [3.63, 3.8) is 0 Å². The maximum atomic E-state index is 4.43. The number of rotatable bonds is 1. The molecule has 0 amide bonds. The predicted octanol–water partition coefficient (Wildman–Crippen LogP) is 2.21. The summed E-state index contributed by atoms with van der Waals surface area (Å²) in [6.07, 6.45) is 3.22. The first-order valence-electron chi connectivity index (χ1n) is 6.25. The van der Waals surface area contributed by atoms with Crippen LogP contribution in [-0.4, -0.2) is 30.2 Å². The van der Waals surface area contributed by atoms with Crippen LogP contribution >= 0.6 is 12.4 Å². The van der Waals surface area contributed by atoms with Gasteiger partial charge in [0, 0.05) is 42.4 Å². The zero-order valence-corrected chi connectivity index (χ0v) is 10.9. The Kier molecular flexibility index (Phi) is 2.88. The number of hydrogen-bond acceptors (Lipinski definition) is 3. The highest BCUT2D eigenvalue weighted by Gasteiger charge is 2.37. The lowest BCUT2D eigenvalue weighted by atomic mass is 10.1. The lowest BCUT2D eigenvalue weighted by molar-refractivity contribution is 0.581. The van der Waals surface area contributed by atoms with Crippen molar-refractivity contribution in [3.8, 4) is 0 Å². The third-order valence-corrected chi connectivity index (χ3v) is 3.99. The first kappa shape index (κ1) is 11.8. The number of para-hydroxylation sites is 1. The molecule has 2 aliphatic heterocycles. The molecule has 2 fully saturated rings. The van der Waals surface area contributed by atoms with E-state index in [-0.39, 0.29) is 12.4 Å². The molecule has 4 heteroatoms. The van der Waals surface area contributed by atoms with E-state index in [0.29, 0.717) is 12.1 Å². The molecule has 1 N–H and O–H groups in total. The summed E-state index contributed by atoms with van der Waals surface area (Å²) < 4.78 is 0. The van der Waals surface area contributed by atoms with Crippen LogP contribution in [0.3, 0.4) is 0 Å². The van der Waals surface area contributed by atoms with E-state index in [1.807, 2.05) is 6.20 Å². The summed E-state index contributed by atoms with van der Waals surface area (Å²) in [4.78, 5) is 6.98. The molecular weight excluding hydrogens is 246 g/mol. The van der Waals surface area contributed by atoms with Crippen LogP contribution in [0.2, 0.25) is 0 Å². The van der Waals surface area contributed by atoms with Gasteiger partial charge in [-0.1, -0.05) is 18.2 Å². The summed E-state index contributed by atoms with van der Waals surface area (Å²) >= 11 is 0. The molecule has 2 atom stereocenters. The average molecular weight is 262 g/mol.